The van der Waals surface area contributed by atoms with Gasteiger partial charge in [0, 0.05) is 11.6 Å². The van der Waals surface area contributed by atoms with Gasteiger partial charge in [-0.2, -0.15) is 0 Å². The van der Waals surface area contributed by atoms with Crippen molar-refractivity contribution in [3.63, 3.8) is 0 Å². The fourth-order valence-electron chi connectivity index (χ4n) is 1.83. The molecular weight excluding hydrogens is 200 g/mol. The van der Waals surface area contributed by atoms with E-state index in [4.69, 9.17) is 0 Å². The van der Waals surface area contributed by atoms with Crippen LogP contribution in [-0.4, -0.2) is 15.7 Å². The Hall–Kier alpha value is -1.64. The maximum Gasteiger partial charge on any atom is 0.170 e. The van der Waals surface area contributed by atoms with Crippen LogP contribution in [0.15, 0.2) is 18.3 Å². The number of carbonyl (C=O) groups is 1. The molecular formula is C13H16N2O. The average molecular weight is 216 g/mol. The van der Waals surface area contributed by atoms with Crippen molar-refractivity contribution in [2.75, 3.05) is 0 Å². The second kappa shape index (κ2) is 3.44. The Morgan fingerprint density at radius 3 is 2.62 bits per heavy atom. The Morgan fingerprint density at radius 1 is 1.38 bits per heavy atom. The van der Waals surface area contributed by atoms with Gasteiger partial charge in [-0.25, -0.2) is 4.98 Å². The summed E-state index contributed by atoms with van der Waals surface area (Å²) in [5.41, 5.74) is 2.48. The van der Waals surface area contributed by atoms with E-state index >= 15 is 0 Å². The molecule has 2 heterocycles. The summed E-state index contributed by atoms with van der Waals surface area (Å²) in [6.07, 6.45) is 2.80. The van der Waals surface area contributed by atoms with Gasteiger partial charge in [-0.3, -0.25) is 4.79 Å². The molecule has 0 aromatic carbocycles. The van der Waals surface area contributed by atoms with Crippen LogP contribution < -0.4 is 0 Å². The highest BCUT2D eigenvalue weighted by Gasteiger charge is 2.22. The lowest BCUT2D eigenvalue weighted by Gasteiger charge is -2.16. The Labute approximate surface area is 95.1 Å². The van der Waals surface area contributed by atoms with E-state index in [9.17, 15) is 4.79 Å². The number of carbonyl (C=O) groups excluding carboxylic acids is 1. The molecule has 0 spiro atoms. The first-order valence-electron chi connectivity index (χ1n) is 5.38. The van der Waals surface area contributed by atoms with Gasteiger partial charge in [0.25, 0.3) is 0 Å². The van der Waals surface area contributed by atoms with Gasteiger partial charge in [0.15, 0.2) is 6.29 Å². The van der Waals surface area contributed by atoms with Gasteiger partial charge in [0.1, 0.15) is 11.5 Å². The molecule has 0 saturated carbocycles. The van der Waals surface area contributed by atoms with Crippen LogP contribution in [-0.2, 0) is 5.41 Å². The van der Waals surface area contributed by atoms with Crippen LogP contribution in [0.2, 0.25) is 0 Å². The van der Waals surface area contributed by atoms with Gasteiger partial charge in [-0.15, -0.1) is 0 Å². The minimum atomic E-state index is -0.0700. The van der Waals surface area contributed by atoms with Crippen molar-refractivity contribution in [1.82, 2.24) is 9.38 Å². The molecule has 0 unspecified atom stereocenters. The number of pyridine rings is 1. The zero-order chi connectivity index (χ0) is 11.9. The van der Waals surface area contributed by atoms with E-state index in [2.05, 4.69) is 25.8 Å². The van der Waals surface area contributed by atoms with Crippen molar-refractivity contribution in [3.05, 3.63) is 35.4 Å². The summed E-state index contributed by atoms with van der Waals surface area (Å²) in [4.78, 5) is 15.4. The zero-order valence-corrected chi connectivity index (χ0v) is 10.1. The second-order valence-corrected chi connectivity index (χ2v) is 5.15. The van der Waals surface area contributed by atoms with Crippen LogP contribution in [0.3, 0.4) is 0 Å². The summed E-state index contributed by atoms with van der Waals surface area (Å²) in [6, 6.07) is 4.02. The zero-order valence-electron chi connectivity index (χ0n) is 10.1. The van der Waals surface area contributed by atoms with Crippen molar-refractivity contribution in [2.24, 2.45) is 0 Å². The van der Waals surface area contributed by atoms with Crippen molar-refractivity contribution in [2.45, 2.75) is 33.1 Å². The first-order chi connectivity index (χ1) is 7.43. The molecule has 3 nitrogen and oxygen atoms in total. The maximum atomic E-state index is 11.0. The topological polar surface area (TPSA) is 34.4 Å². The highest BCUT2D eigenvalue weighted by Crippen LogP contribution is 2.24. The number of nitrogens with zero attached hydrogens (tertiary/aromatic N) is 2. The monoisotopic (exact) mass is 216 g/mol. The summed E-state index contributed by atoms with van der Waals surface area (Å²) in [6.45, 7) is 8.29. The molecule has 0 aliphatic carbocycles. The molecule has 84 valence electrons. The van der Waals surface area contributed by atoms with Gasteiger partial charge < -0.3 is 4.40 Å². The fourth-order valence-corrected chi connectivity index (χ4v) is 1.83. The maximum absolute atomic E-state index is 11.0. The van der Waals surface area contributed by atoms with E-state index < -0.39 is 0 Å². The van der Waals surface area contributed by atoms with E-state index in [0.29, 0.717) is 5.69 Å². The van der Waals surface area contributed by atoms with E-state index in [-0.39, 0.29) is 5.41 Å². The van der Waals surface area contributed by atoms with Crippen molar-refractivity contribution < 1.29 is 4.79 Å². The summed E-state index contributed by atoms with van der Waals surface area (Å²) in [7, 11) is 0. The highest BCUT2D eigenvalue weighted by atomic mass is 16.1. The Morgan fingerprint density at radius 2 is 2.06 bits per heavy atom. The van der Waals surface area contributed by atoms with Crippen LogP contribution in [0, 0.1) is 6.92 Å². The number of aldehydes is 1. The van der Waals surface area contributed by atoms with Crippen LogP contribution in [0.1, 0.15) is 42.6 Å². The predicted molar refractivity (Wildman–Crippen MR) is 64.0 cm³/mol. The normalized spacial score (nSPS) is 12.0. The van der Waals surface area contributed by atoms with E-state index in [0.717, 1.165) is 23.2 Å². The second-order valence-electron chi connectivity index (χ2n) is 5.15. The number of hydrogen-bond acceptors (Lipinski definition) is 2. The molecule has 0 fully saturated rings. The molecule has 2 rings (SSSR count). The lowest BCUT2D eigenvalue weighted by atomic mass is 9.96. The van der Waals surface area contributed by atoms with Crippen LogP contribution in [0.5, 0.6) is 0 Å². The lowest BCUT2D eigenvalue weighted by molar-refractivity contribution is 0.112. The summed E-state index contributed by atoms with van der Waals surface area (Å²) < 4.78 is 2.00. The molecule has 0 aliphatic heterocycles. The number of aryl methyl sites for hydroxylation is 1. The molecule has 2 aromatic heterocycles. The third kappa shape index (κ3) is 1.62. The smallest absolute Gasteiger partial charge is 0.170 e. The summed E-state index contributed by atoms with van der Waals surface area (Å²) in [5.74, 6) is 0.921. The standard InChI is InChI=1S/C13H16N2O/c1-9-5-6-15-11(7-9)10(8-16)14-12(15)13(2,3)4/h5-8H,1-4H3. The molecule has 0 bridgehead atoms. The molecule has 0 saturated heterocycles. The molecule has 0 aliphatic rings. The minimum absolute atomic E-state index is 0.0700. The number of fused-ring (bicyclic) bond motifs is 1. The molecule has 0 radical (unpaired) electrons. The Bertz CT molecular complexity index is 547. The predicted octanol–water partition coefficient (Wildman–Crippen LogP) is 2.75. The Balaban J connectivity index is 2.83. The molecule has 0 N–H and O–H groups in total. The first-order valence-corrected chi connectivity index (χ1v) is 5.38. The largest absolute Gasteiger partial charge is 0.303 e. The van der Waals surface area contributed by atoms with Crippen molar-refractivity contribution in [3.8, 4) is 0 Å². The third-order valence-corrected chi connectivity index (χ3v) is 2.61. The van der Waals surface area contributed by atoms with Crippen LogP contribution in [0.25, 0.3) is 5.52 Å². The quantitative estimate of drug-likeness (QED) is 0.687. The molecule has 3 heteroatoms. The molecule has 16 heavy (non-hydrogen) atoms. The van der Waals surface area contributed by atoms with E-state index in [1.54, 1.807) is 0 Å². The van der Waals surface area contributed by atoms with Gasteiger partial charge >= 0.3 is 0 Å². The highest BCUT2D eigenvalue weighted by molar-refractivity contribution is 5.84. The van der Waals surface area contributed by atoms with E-state index in [1.807, 2.05) is 29.7 Å². The van der Waals surface area contributed by atoms with Gasteiger partial charge in [0.05, 0.1) is 5.52 Å². The van der Waals surface area contributed by atoms with Gasteiger partial charge in [-0.1, -0.05) is 20.8 Å². The fraction of sp³-hybridized carbons (Fsp3) is 0.385. The number of aromatic nitrogens is 2. The SMILES string of the molecule is Cc1ccn2c(C(C)(C)C)nc(C=O)c2c1. The van der Waals surface area contributed by atoms with Crippen molar-refractivity contribution in [1.29, 1.82) is 0 Å². The summed E-state index contributed by atoms with van der Waals surface area (Å²) in [5, 5.41) is 0. The lowest BCUT2D eigenvalue weighted by Crippen LogP contribution is -2.15. The van der Waals surface area contributed by atoms with Gasteiger partial charge in [-0.05, 0) is 24.6 Å². The molecule has 2 aromatic rings. The number of rotatable bonds is 1. The minimum Gasteiger partial charge on any atom is -0.303 e. The van der Waals surface area contributed by atoms with Crippen molar-refractivity contribution >= 4 is 11.8 Å². The van der Waals surface area contributed by atoms with Crippen LogP contribution in [0.4, 0.5) is 0 Å². The third-order valence-electron chi connectivity index (χ3n) is 2.61. The number of imidazole rings is 1. The average Bonchev–Trinajstić information content (AvgIpc) is 2.55. The summed E-state index contributed by atoms with van der Waals surface area (Å²) >= 11 is 0. The van der Waals surface area contributed by atoms with E-state index in [1.165, 1.54) is 0 Å². The first kappa shape index (κ1) is 10.9. The van der Waals surface area contributed by atoms with Crippen LogP contribution >= 0.6 is 0 Å². The Kier molecular flexibility index (Phi) is 2.34. The molecule has 0 amide bonds. The van der Waals surface area contributed by atoms with Gasteiger partial charge in [0.2, 0.25) is 0 Å². The molecule has 0 atom stereocenters. The number of hydrogen-bond donors (Lipinski definition) is 0.